The number of hydrogen-bond donors (Lipinski definition) is 1. The normalized spacial score (nSPS) is 16.3. The third kappa shape index (κ3) is 3.09. The Labute approximate surface area is 104 Å². The summed E-state index contributed by atoms with van der Waals surface area (Å²) in [5, 5.41) is 7.97. The molecule has 1 N–H and O–H groups in total. The van der Waals surface area contributed by atoms with Gasteiger partial charge in [-0.25, -0.2) is 0 Å². The van der Waals surface area contributed by atoms with E-state index in [0.29, 0.717) is 0 Å². The van der Waals surface area contributed by atoms with Gasteiger partial charge in [-0.05, 0) is 43.4 Å². The van der Waals surface area contributed by atoms with E-state index in [1.165, 1.54) is 43.4 Å². The predicted octanol–water partition coefficient (Wildman–Crippen LogP) is 4.00. The average Bonchev–Trinajstić information content (AvgIpc) is 2.38. The van der Waals surface area contributed by atoms with Crippen LogP contribution >= 0.6 is 0 Å². The Morgan fingerprint density at radius 2 is 1.94 bits per heavy atom. The largest absolute Gasteiger partial charge is 0.330 e. The van der Waals surface area contributed by atoms with Gasteiger partial charge in [-0.3, -0.25) is 5.41 Å². The van der Waals surface area contributed by atoms with Gasteiger partial charge in [0.1, 0.15) is 5.84 Å². The van der Waals surface area contributed by atoms with Crippen molar-refractivity contribution in [3.8, 4) is 0 Å². The number of piperidine rings is 1. The lowest BCUT2D eigenvalue weighted by molar-refractivity contribution is 0.707. The van der Waals surface area contributed by atoms with E-state index in [4.69, 9.17) is 5.41 Å². The number of nitrogens with one attached hydrogen (secondary N) is 1. The van der Waals surface area contributed by atoms with Crippen LogP contribution in [0.5, 0.6) is 0 Å². The second kappa shape index (κ2) is 5.85. The molecular formula is C15H22N2. The first kappa shape index (κ1) is 12.2. The number of aryl methyl sites for hydroxylation is 1. The van der Waals surface area contributed by atoms with Crippen LogP contribution in [0.25, 0.3) is 0 Å². The lowest BCUT2D eigenvalue weighted by atomic mass is 10.1. The molecule has 1 aromatic rings. The maximum Gasteiger partial charge on any atom is 0.100 e. The van der Waals surface area contributed by atoms with Crippen LogP contribution < -0.4 is 4.90 Å². The molecule has 0 saturated carbocycles. The number of nitrogens with zero attached hydrogens (tertiary/aromatic N) is 1. The van der Waals surface area contributed by atoms with Crippen molar-refractivity contribution in [3.63, 3.8) is 0 Å². The summed E-state index contributed by atoms with van der Waals surface area (Å²) < 4.78 is 0. The maximum atomic E-state index is 7.97. The maximum absolute atomic E-state index is 7.97. The molecule has 0 amide bonds. The Bertz CT molecular complexity index is 367. The van der Waals surface area contributed by atoms with Gasteiger partial charge in [-0.2, -0.15) is 0 Å². The first-order chi connectivity index (χ1) is 8.31. The summed E-state index contributed by atoms with van der Waals surface area (Å²) in [6.45, 7) is 3.23. The summed E-state index contributed by atoms with van der Waals surface area (Å²) in [7, 11) is 0. The van der Waals surface area contributed by atoms with E-state index in [1.54, 1.807) is 0 Å². The monoisotopic (exact) mass is 230 g/mol. The van der Waals surface area contributed by atoms with Crippen LogP contribution in [-0.4, -0.2) is 12.4 Å². The Balaban J connectivity index is 2.03. The van der Waals surface area contributed by atoms with Crippen molar-refractivity contribution in [2.45, 2.75) is 45.4 Å². The lowest BCUT2D eigenvalue weighted by Gasteiger charge is -2.29. The molecule has 0 atom stereocenters. The summed E-state index contributed by atoms with van der Waals surface area (Å²) in [6.07, 6.45) is 6.99. The summed E-state index contributed by atoms with van der Waals surface area (Å²) in [5.41, 5.74) is 2.61. The number of anilines is 1. The third-order valence-electron chi connectivity index (χ3n) is 3.44. The van der Waals surface area contributed by atoms with Gasteiger partial charge in [0.15, 0.2) is 0 Å². The minimum atomic E-state index is 0.776. The van der Waals surface area contributed by atoms with E-state index in [9.17, 15) is 0 Å². The van der Waals surface area contributed by atoms with E-state index in [1.807, 2.05) is 0 Å². The smallest absolute Gasteiger partial charge is 0.100 e. The Morgan fingerprint density at radius 3 is 2.59 bits per heavy atom. The van der Waals surface area contributed by atoms with Crippen molar-refractivity contribution >= 4 is 11.5 Å². The van der Waals surface area contributed by atoms with Gasteiger partial charge in [-0.15, -0.1) is 0 Å². The minimum Gasteiger partial charge on any atom is -0.330 e. The van der Waals surface area contributed by atoms with Crippen LogP contribution in [0.2, 0.25) is 0 Å². The SMILES string of the molecule is CCCCc1ccc(N2CCCCC2=N)cc1. The fourth-order valence-electron chi connectivity index (χ4n) is 2.34. The number of amidine groups is 1. The molecule has 2 nitrogen and oxygen atoms in total. The molecule has 17 heavy (non-hydrogen) atoms. The van der Waals surface area contributed by atoms with E-state index in [2.05, 4.69) is 36.1 Å². The van der Waals surface area contributed by atoms with Crippen LogP contribution in [0.1, 0.15) is 44.6 Å². The highest BCUT2D eigenvalue weighted by Gasteiger charge is 2.15. The quantitative estimate of drug-likeness (QED) is 0.831. The van der Waals surface area contributed by atoms with Crippen molar-refractivity contribution in [2.24, 2.45) is 0 Å². The van der Waals surface area contributed by atoms with Crippen LogP contribution in [0.3, 0.4) is 0 Å². The van der Waals surface area contributed by atoms with Crippen LogP contribution in [0, 0.1) is 5.41 Å². The first-order valence-electron chi connectivity index (χ1n) is 6.75. The van der Waals surface area contributed by atoms with E-state index < -0.39 is 0 Å². The van der Waals surface area contributed by atoms with Crippen molar-refractivity contribution in [1.29, 1.82) is 5.41 Å². The number of unbranched alkanes of at least 4 members (excludes halogenated alkanes) is 1. The highest BCUT2D eigenvalue weighted by atomic mass is 15.2. The predicted molar refractivity (Wildman–Crippen MR) is 74.0 cm³/mol. The highest BCUT2D eigenvalue weighted by molar-refractivity contribution is 5.96. The van der Waals surface area contributed by atoms with Crippen molar-refractivity contribution in [2.75, 3.05) is 11.4 Å². The van der Waals surface area contributed by atoms with Gasteiger partial charge in [0.05, 0.1) is 0 Å². The molecule has 2 heteroatoms. The summed E-state index contributed by atoms with van der Waals surface area (Å²) >= 11 is 0. The van der Waals surface area contributed by atoms with E-state index >= 15 is 0 Å². The molecule has 1 aliphatic rings. The molecule has 0 aromatic heterocycles. The first-order valence-corrected chi connectivity index (χ1v) is 6.75. The molecule has 1 saturated heterocycles. The van der Waals surface area contributed by atoms with Crippen LogP contribution in [0.4, 0.5) is 5.69 Å². The topological polar surface area (TPSA) is 27.1 Å². The zero-order valence-electron chi connectivity index (χ0n) is 10.7. The fraction of sp³-hybridized carbons (Fsp3) is 0.533. The second-order valence-electron chi connectivity index (χ2n) is 4.83. The molecule has 0 bridgehead atoms. The molecule has 0 spiro atoms. The molecule has 92 valence electrons. The number of hydrogen-bond acceptors (Lipinski definition) is 1. The van der Waals surface area contributed by atoms with Crippen molar-refractivity contribution in [1.82, 2.24) is 0 Å². The fourth-order valence-corrected chi connectivity index (χ4v) is 2.34. The zero-order chi connectivity index (χ0) is 12.1. The van der Waals surface area contributed by atoms with Gasteiger partial charge < -0.3 is 4.90 Å². The molecule has 1 aromatic carbocycles. The average molecular weight is 230 g/mol. The Hall–Kier alpha value is -1.31. The molecule has 0 aliphatic carbocycles. The van der Waals surface area contributed by atoms with Gasteiger partial charge in [-0.1, -0.05) is 25.5 Å². The number of rotatable bonds is 4. The Kier molecular flexibility index (Phi) is 4.18. The summed E-state index contributed by atoms with van der Waals surface area (Å²) in [5.74, 6) is 0.776. The summed E-state index contributed by atoms with van der Waals surface area (Å²) in [4.78, 5) is 2.15. The third-order valence-corrected chi connectivity index (χ3v) is 3.44. The molecule has 1 heterocycles. The van der Waals surface area contributed by atoms with Gasteiger partial charge in [0, 0.05) is 18.7 Å². The van der Waals surface area contributed by atoms with Gasteiger partial charge in [0.2, 0.25) is 0 Å². The summed E-state index contributed by atoms with van der Waals surface area (Å²) in [6, 6.07) is 8.77. The highest BCUT2D eigenvalue weighted by Crippen LogP contribution is 2.21. The lowest BCUT2D eigenvalue weighted by Crippen LogP contribution is -2.34. The number of benzene rings is 1. The molecule has 1 fully saturated rings. The standard InChI is InChI=1S/C15H22N2/c1-2-3-6-13-8-10-14(11-9-13)17-12-5-4-7-15(17)16/h8-11,16H,2-7,12H2,1H3. The van der Waals surface area contributed by atoms with Crippen molar-refractivity contribution in [3.05, 3.63) is 29.8 Å². The van der Waals surface area contributed by atoms with E-state index in [-0.39, 0.29) is 0 Å². The molecule has 0 unspecified atom stereocenters. The van der Waals surface area contributed by atoms with E-state index in [0.717, 1.165) is 18.8 Å². The van der Waals surface area contributed by atoms with Crippen molar-refractivity contribution < 1.29 is 0 Å². The molecule has 1 aliphatic heterocycles. The zero-order valence-corrected chi connectivity index (χ0v) is 10.7. The van der Waals surface area contributed by atoms with Crippen LogP contribution in [-0.2, 0) is 6.42 Å². The molecular weight excluding hydrogens is 208 g/mol. The van der Waals surface area contributed by atoms with Gasteiger partial charge in [0.25, 0.3) is 0 Å². The van der Waals surface area contributed by atoms with Gasteiger partial charge >= 0.3 is 0 Å². The Morgan fingerprint density at radius 1 is 1.18 bits per heavy atom. The van der Waals surface area contributed by atoms with Crippen LogP contribution in [0.15, 0.2) is 24.3 Å². The minimum absolute atomic E-state index is 0.776. The second-order valence-corrected chi connectivity index (χ2v) is 4.83. The molecule has 0 radical (unpaired) electrons. The molecule has 2 rings (SSSR count).